The Kier molecular flexibility index (Phi) is 9.82. The summed E-state index contributed by atoms with van der Waals surface area (Å²) in [6.45, 7) is 6.42. The molecule has 0 amide bonds. The molecule has 0 saturated carbocycles. The zero-order chi connectivity index (χ0) is 17.9. The summed E-state index contributed by atoms with van der Waals surface area (Å²) in [6, 6.07) is 0. The fourth-order valence-electron chi connectivity index (χ4n) is 3.33. The van der Waals surface area contributed by atoms with Gasteiger partial charge in [-0.2, -0.15) is 0 Å². The number of unbranched alkanes of at least 4 members (excludes halogenated alkanes) is 6. The van der Waals surface area contributed by atoms with Crippen molar-refractivity contribution in [1.82, 2.24) is 0 Å². The highest BCUT2D eigenvalue weighted by Crippen LogP contribution is 2.39. The van der Waals surface area contributed by atoms with Crippen LogP contribution in [0.3, 0.4) is 0 Å². The normalized spacial score (nSPS) is 11.2. The Balaban J connectivity index is 3.19. The third-order valence-corrected chi connectivity index (χ3v) is 4.80. The molecule has 0 atom stereocenters. The van der Waals surface area contributed by atoms with Gasteiger partial charge in [-0.25, -0.2) is 4.39 Å². The second-order valence-electron chi connectivity index (χ2n) is 6.82. The predicted molar refractivity (Wildman–Crippen MR) is 99.4 cm³/mol. The summed E-state index contributed by atoms with van der Waals surface area (Å²) in [5.41, 5.74) is 2.38. The van der Waals surface area contributed by atoms with Crippen LogP contribution in [0.5, 0.6) is 11.5 Å². The molecule has 0 heterocycles. The van der Waals surface area contributed by atoms with Crippen LogP contribution in [-0.2, 0) is 19.3 Å². The predicted octanol–water partition coefficient (Wildman–Crippen LogP) is 6.44. The summed E-state index contributed by atoms with van der Waals surface area (Å²) in [7, 11) is 0. The molecule has 0 aliphatic rings. The number of hydrogen-bond donors (Lipinski definition) is 2. The minimum absolute atomic E-state index is 0.227. The highest BCUT2D eigenvalue weighted by Gasteiger charge is 2.22. The van der Waals surface area contributed by atoms with Crippen molar-refractivity contribution in [1.29, 1.82) is 0 Å². The first-order chi connectivity index (χ1) is 11.6. The van der Waals surface area contributed by atoms with E-state index in [0.29, 0.717) is 12.0 Å². The first kappa shape index (κ1) is 20.8. The molecule has 0 spiro atoms. The van der Waals surface area contributed by atoms with E-state index in [9.17, 15) is 14.6 Å². The van der Waals surface area contributed by atoms with Gasteiger partial charge in [0.15, 0.2) is 17.3 Å². The van der Waals surface area contributed by atoms with Crippen molar-refractivity contribution in [3.63, 3.8) is 0 Å². The molecule has 24 heavy (non-hydrogen) atoms. The van der Waals surface area contributed by atoms with Crippen LogP contribution in [0.15, 0.2) is 0 Å². The summed E-state index contributed by atoms with van der Waals surface area (Å²) in [6.07, 6.45) is 11.6. The molecule has 0 aliphatic heterocycles. The van der Waals surface area contributed by atoms with E-state index in [4.69, 9.17) is 0 Å². The Labute approximate surface area is 147 Å². The van der Waals surface area contributed by atoms with Crippen LogP contribution < -0.4 is 0 Å². The summed E-state index contributed by atoms with van der Waals surface area (Å²) >= 11 is 0. The Hall–Kier alpha value is -1.25. The van der Waals surface area contributed by atoms with E-state index in [-0.39, 0.29) is 5.75 Å². The van der Waals surface area contributed by atoms with E-state index < -0.39 is 11.6 Å². The van der Waals surface area contributed by atoms with E-state index in [0.717, 1.165) is 81.8 Å². The van der Waals surface area contributed by atoms with E-state index >= 15 is 0 Å². The molecule has 3 heteroatoms. The van der Waals surface area contributed by atoms with Crippen LogP contribution in [0.25, 0.3) is 0 Å². The SMILES string of the molecule is CCCCCc1c(O)c(O)c(F)c(CCCCC)c1CCCCC. The molecule has 0 aliphatic carbocycles. The van der Waals surface area contributed by atoms with Crippen LogP contribution in [0.4, 0.5) is 4.39 Å². The number of hydrogen-bond acceptors (Lipinski definition) is 2. The lowest BCUT2D eigenvalue weighted by molar-refractivity contribution is 0.370. The third kappa shape index (κ3) is 5.68. The van der Waals surface area contributed by atoms with Crippen molar-refractivity contribution in [2.45, 2.75) is 97.8 Å². The molecule has 0 unspecified atom stereocenters. The van der Waals surface area contributed by atoms with Gasteiger partial charge in [-0.05, 0) is 49.7 Å². The lowest BCUT2D eigenvalue weighted by Gasteiger charge is -2.19. The highest BCUT2D eigenvalue weighted by molar-refractivity contribution is 5.54. The van der Waals surface area contributed by atoms with Gasteiger partial charge in [0.2, 0.25) is 0 Å². The molecule has 0 bridgehead atoms. The van der Waals surface area contributed by atoms with Crippen LogP contribution in [0.1, 0.15) is 95.2 Å². The van der Waals surface area contributed by atoms with Gasteiger partial charge in [-0.3, -0.25) is 0 Å². The quantitative estimate of drug-likeness (QED) is 0.340. The summed E-state index contributed by atoms with van der Waals surface area (Å²) < 4.78 is 14.6. The van der Waals surface area contributed by atoms with Gasteiger partial charge >= 0.3 is 0 Å². The van der Waals surface area contributed by atoms with Crippen LogP contribution in [-0.4, -0.2) is 10.2 Å². The summed E-state index contributed by atoms with van der Waals surface area (Å²) in [5, 5.41) is 20.4. The van der Waals surface area contributed by atoms with Crippen LogP contribution in [0, 0.1) is 5.82 Å². The Morgan fingerprint density at radius 2 is 1.00 bits per heavy atom. The van der Waals surface area contributed by atoms with Crippen molar-refractivity contribution >= 4 is 0 Å². The average molecular weight is 339 g/mol. The molecular weight excluding hydrogens is 303 g/mol. The maximum atomic E-state index is 14.6. The maximum Gasteiger partial charge on any atom is 0.194 e. The number of phenols is 2. The van der Waals surface area contributed by atoms with Crippen molar-refractivity contribution < 1.29 is 14.6 Å². The topological polar surface area (TPSA) is 40.5 Å². The average Bonchev–Trinajstić information content (AvgIpc) is 2.58. The Morgan fingerprint density at radius 3 is 1.46 bits per heavy atom. The van der Waals surface area contributed by atoms with E-state index in [1.807, 2.05) is 0 Å². The molecule has 2 N–H and O–H groups in total. The Bertz CT molecular complexity index is 460. The second-order valence-corrected chi connectivity index (χ2v) is 6.82. The van der Waals surface area contributed by atoms with Crippen molar-refractivity contribution in [3.05, 3.63) is 22.5 Å². The molecule has 0 saturated heterocycles. The van der Waals surface area contributed by atoms with E-state index in [2.05, 4.69) is 20.8 Å². The first-order valence-electron chi connectivity index (χ1n) is 9.82. The molecule has 138 valence electrons. The van der Waals surface area contributed by atoms with Gasteiger partial charge in [0.05, 0.1) is 0 Å². The van der Waals surface area contributed by atoms with Gasteiger partial charge in [0.1, 0.15) is 0 Å². The molecule has 1 aromatic rings. The van der Waals surface area contributed by atoms with Crippen molar-refractivity contribution in [3.8, 4) is 11.5 Å². The van der Waals surface area contributed by atoms with Gasteiger partial charge in [0, 0.05) is 5.56 Å². The highest BCUT2D eigenvalue weighted by atomic mass is 19.1. The molecule has 2 nitrogen and oxygen atoms in total. The molecule has 0 fully saturated rings. The minimum atomic E-state index is -0.602. The Morgan fingerprint density at radius 1 is 0.583 bits per heavy atom. The van der Waals surface area contributed by atoms with E-state index in [1.165, 1.54) is 0 Å². The van der Waals surface area contributed by atoms with Crippen molar-refractivity contribution in [2.75, 3.05) is 0 Å². The molecular formula is C21H35FO2. The number of halogens is 1. The zero-order valence-electron chi connectivity index (χ0n) is 15.8. The largest absolute Gasteiger partial charge is 0.504 e. The van der Waals surface area contributed by atoms with Gasteiger partial charge in [-0.15, -0.1) is 0 Å². The van der Waals surface area contributed by atoms with E-state index in [1.54, 1.807) is 0 Å². The number of benzene rings is 1. The molecule has 1 aromatic carbocycles. The number of aromatic hydroxyl groups is 2. The monoisotopic (exact) mass is 338 g/mol. The first-order valence-corrected chi connectivity index (χ1v) is 9.82. The maximum absolute atomic E-state index is 14.6. The van der Waals surface area contributed by atoms with Crippen LogP contribution in [0.2, 0.25) is 0 Å². The van der Waals surface area contributed by atoms with Crippen LogP contribution >= 0.6 is 0 Å². The number of phenolic OH excluding ortho intramolecular Hbond substituents is 2. The fraction of sp³-hybridized carbons (Fsp3) is 0.714. The molecule has 0 aromatic heterocycles. The minimum Gasteiger partial charge on any atom is -0.504 e. The molecule has 0 radical (unpaired) electrons. The fourth-order valence-corrected chi connectivity index (χ4v) is 3.33. The van der Waals surface area contributed by atoms with Crippen molar-refractivity contribution in [2.24, 2.45) is 0 Å². The lowest BCUT2D eigenvalue weighted by atomic mass is 9.89. The summed E-state index contributed by atoms with van der Waals surface area (Å²) in [4.78, 5) is 0. The smallest absolute Gasteiger partial charge is 0.194 e. The number of rotatable bonds is 12. The zero-order valence-corrected chi connectivity index (χ0v) is 15.8. The van der Waals surface area contributed by atoms with Gasteiger partial charge in [-0.1, -0.05) is 59.3 Å². The standard InChI is InChI=1S/C21H35FO2/c1-4-7-10-13-16-17(14-11-8-5-2)19(22)21(24)20(23)18(16)15-12-9-6-3/h23-24H,4-15H2,1-3H3. The third-order valence-electron chi connectivity index (χ3n) is 4.80. The summed E-state index contributed by atoms with van der Waals surface area (Å²) in [5.74, 6) is -1.38. The molecule has 1 rings (SSSR count). The van der Waals surface area contributed by atoms with Gasteiger partial charge < -0.3 is 10.2 Å². The second kappa shape index (κ2) is 11.3. The van der Waals surface area contributed by atoms with Gasteiger partial charge in [0.25, 0.3) is 0 Å². The lowest BCUT2D eigenvalue weighted by Crippen LogP contribution is -2.06.